The summed E-state index contributed by atoms with van der Waals surface area (Å²) in [5.41, 5.74) is 0.527. The molecular weight excluding hydrogens is 313 g/mol. The molecule has 0 aromatic rings. The molecule has 1 aliphatic carbocycles. The Labute approximate surface area is 154 Å². The Balaban J connectivity index is 1.83. The zero-order valence-corrected chi connectivity index (χ0v) is 16.2. The molecule has 140 valence electrons. The summed E-state index contributed by atoms with van der Waals surface area (Å²) in [5.74, 6) is 0.629. The quantitative estimate of drug-likeness (QED) is 0.730. The Kier molecular flexibility index (Phi) is 7.39. The fourth-order valence-electron chi connectivity index (χ4n) is 4.49. The molecule has 4 nitrogen and oxygen atoms in total. The van der Waals surface area contributed by atoms with Crippen LogP contribution in [0.25, 0.3) is 0 Å². The van der Waals surface area contributed by atoms with Crippen LogP contribution >= 0.6 is 0 Å². The summed E-state index contributed by atoms with van der Waals surface area (Å²) in [7, 11) is 6.41. The molecule has 0 aromatic heterocycles. The van der Waals surface area contributed by atoms with Gasteiger partial charge in [0.1, 0.15) is 6.10 Å². The number of oxime groups is 1. The van der Waals surface area contributed by atoms with E-state index in [9.17, 15) is 4.79 Å². The molecule has 1 N–H and O–H groups in total. The summed E-state index contributed by atoms with van der Waals surface area (Å²) < 4.78 is 0. The van der Waals surface area contributed by atoms with E-state index >= 15 is 0 Å². The predicted octanol–water partition coefficient (Wildman–Crippen LogP) is 4.98. The van der Waals surface area contributed by atoms with Gasteiger partial charge in [-0.05, 0) is 42.9 Å². The number of carboxylic acids is 1. The minimum absolute atomic E-state index is 0.0528. The molecule has 0 spiro atoms. The van der Waals surface area contributed by atoms with E-state index in [0.717, 1.165) is 19.3 Å². The number of hydrogen-bond acceptors (Lipinski definition) is 3. The molecule has 1 heterocycles. The highest BCUT2D eigenvalue weighted by Gasteiger charge is 2.28. The molecule has 1 aliphatic heterocycles. The lowest BCUT2D eigenvalue weighted by Gasteiger charge is -2.31. The summed E-state index contributed by atoms with van der Waals surface area (Å²) in [6, 6.07) is 0. The number of hydrogen-bond donors (Lipinski definition) is 1. The predicted molar refractivity (Wildman–Crippen MR) is 102 cm³/mol. The number of carboxylic acid groups (broad SMARTS) is 1. The second-order valence-corrected chi connectivity index (χ2v) is 9.05. The van der Waals surface area contributed by atoms with Gasteiger partial charge in [0.05, 0.1) is 7.85 Å². The largest absolute Gasteiger partial charge is 0.477 e. The van der Waals surface area contributed by atoms with Crippen LogP contribution in [0, 0.1) is 17.3 Å². The van der Waals surface area contributed by atoms with Crippen molar-refractivity contribution in [1.29, 1.82) is 0 Å². The average Bonchev–Trinajstić information content (AvgIpc) is 2.99. The van der Waals surface area contributed by atoms with Crippen molar-refractivity contribution < 1.29 is 14.7 Å². The van der Waals surface area contributed by atoms with Gasteiger partial charge in [0.2, 0.25) is 0 Å². The molecule has 4 unspecified atom stereocenters. The molecule has 4 atom stereocenters. The number of aliphatic carboxylic acids is 1. The first kappa shape index (κ1) is 20.3. The van der Waals surface area contributed by atoms with Crippen molar-refractivity contribution >= 4 is 19.5 Å². The van der Waals surface area contributed by atoms with E-state index in [4.69, 9.17) is 17.8 Å². The van der Waals surface area contributed by atoms with Gasteiger partial charge in [0.15, 0.2) is 5.71 Å². The lowest BCUT2D eigenvalue weighted by Crippen LogP contribution is -2.18. The van der Waals surface area contributed by atoms with Crippen LogP contribution in [0.3, 0.4) is 0 Å². The van der Waals surface area contributed by atoms with Crippen molar-refractivity contribution in [3.63, 3.8) is 0 Å². The third-order valence-electron chi connectivity index (χ3n) is 6.10. The molecule has 2 radical (unpaired) electrons. The van der Waals surface area contributed by atoms with Gasteiger partial charge < -0.3 is 9.94 Å². The standard InChI is InChI=1S/C20H34BNO3/c1-14-13-20(2,3)11-5-7-15(6-4-8-17(14)21)9-10-16-12-18(19(23)24)22-25-16/h14-17H,4-13H2,1-3H3,(H,23,24). The van der Waals surface area contributed by atoms with E-state index in [-0.39, 0.29) is 11.8 Å². The lowest BCUT2D eigenvalue weighted by atomic mass is 9.68. The van der Waals surface area contributed by atoms with E-state index in [1.54, 1.807) is 0 Å². The maximum absolute atomic E-state index is 10.9. The van der Waals surface area contributed by atoms with E-state index in [1.165, 1.54) is 38.5 Å². The SMILES string of the molecule is [B]C1CCCC(CCC2CC(C(=O)O)=NO2)CCCC(C)(C)CC1C. The second kappa shape index (κ2) is 9.09. The zero-order valence-electron chi connectivity index (χ0n) is 16.2. The van der Waals surface area contributed by atoms with E-state index < -0.39 is 5.97 Å². The van der Waals surface area contributed by atoms with Crippen LogP contribution in [0.1, 0.15) is 85.0 Å². The molecule has 1 saturated carbocycles. The molecule has 0 bridgehead atoms. The van der Waals surface area contributed by atoms with Gasteiger partial charge in [0, 0.05) is 6.42 Å². The van der Waals surface area contributed by atoms with Crippen LogP contribution < -0.4 is 0 Å². The Morgan fingerprint density at radius 3 is 2.68 bits per heavy atom. The topological polar surface area (TPSA) is 58.9 Å². The Bertz CT molecular complexity index is 478. The lowest BCUT2D eigenvalue weighted by molar-refractivity contribution is -0.129. The average molecular weight is 347 g/mol. The maximum Gasteiger partial charge on any atom is 0.353 e. The molecule has 0 amide bonds. The molecule has 0 aromatic carbocycles. The van der Waals surface area contributed by atoms with E-state index in [2.05, 4.69) is 25.9 Å². The van der Waals surface area contributed by atoms with Gasteiger partial charge in [-0.3, -0.25) is 0 Å². The minimum atomic E-state index is -0.956. The summed E-state index contributed by atoms with van der Waals surface area (Å²) in [4.78, 5) is 16.2. The van der Waals surface area contributed by atoms with Gasteiger partial charge in [-0.15, -0.1) is 0 Å². The van der Waals surface area contributed by atoms with Crippen molar-refractivity contribution in [1.82, 2.24) is 0 Å². The van der Waals surface area contributed by atoms with Crippen molar-refractivity contribution in [2.24, 2.45) is 22.4 Å². The van der Waals surface area contributed by atoms with Gasteiger partial charge in [-0.1, -0.05) is 63.8 Å². The molecule has 2 rings (SSSR count). The Morgan fingerprint density at radius 1 is 1.28 bits per heavy atom. The first-order valence-corrected chi connectivity index (χ1v) is 9.98. The van der Waals surface area contributed by atoms with Crippen molar-refractivity contribution in [2.45, 2.75) is 96.9 Å². The summed E-state index contributed by atoms with van der Waals surface area (Å²) in [6.07, 6.45) is 10.9. The highest BCUT2D eigenvalue weighted by atomic mass is 16.6. The maximum atomic E-state index is 10.9. The highest BCUT2D eigenvalue weighted by molar-refractivity contribution is 6.35. The van der Waals surface area contributed by atoms with E-state index in [1.807, 2.05) is 0 Å². The monoisotopic (exact) mass is 347 g/mol. The van der Waals surface area contributed by atoms with Crippen molar-refractivity contribution in [3.8, 4) is 0 Å². The van der Waals surface area contributed by atoms with Crippen LogP contribution in [0.2, 0.25) is 5.82 Å². The fourth-order valence-corrected chi connectivity index (χ4v) is 4.49. The Hall–Kier alpha value is -0.995. The normalized spacial score (nSPS) is 33.8. The summed E-state index contributed by atoms with van der Waals surface area (Å²) >= 11 is 0. The number of carbonyl (C=O) groups is 1. The molecular formula is C20H34BNO3. The third-order valence-corrected chi connectivity index (χ3v) is 6.10. The Morgan fingerprint density at radius 2 is 2.00 bits per heavy atom. The van der Waals surface area contributed by atoms with Crippen LogP contribution in [0.15, 0.2) is 5.16 Å². The van der Waals surface area contributed by atoms with E-state index in [0.29, 0.717) is 29.5 Å². The van der Waals surface area contributed by atoms with Gasteiger partial charge in [-0.25, -0.2) is 4.79 Å². The van der Waals surface area contributed by atoms with Crippen LogP contribution in [-0.4, -0.2) is 30.7 Å². The van der Waals surface area contributed by atoms with Gasteiger partial charge >= 0.3 is 5.97 Å². The molecule has 2 aliphatic rings. The highest BCUT2D eigenvalue weighted by Crippen LogP contribution is 2.39. The second-order valence-electron chi connectivity index (χ2n) is 9.05. The van der Waals surface area contributed by atoms with Crippen LogP contribution in [-0.2, 0) is 9.63 Å². The first-order valence-electron chi connectivity index (χ1n) is 9.98. The molecule has 25 heavy (non-hydrogen) atoms. The van der Waals surface area contributed by atoms with Crippen LogP contribution in [0.4, 0.5) is 0 Å². The number of rotatable bonds is 4. The zero-order chi connectivity index (χ0) is 18.4. The van der Waals surface area contributed by atoms with Crippen molar-refractivity contribution in [2.75, 3.05) is 0 Å². The first-order chi connectivity index (χ1) is 11.8. The smallest absolute Gasteiger partial charge is 0.353 e. The summed E-state index contributed by atoms with van der Waals surface area (Å²) in [5, 5.41) is 12.7. The fraction of sp³-hybridized carbons (Fsp3) is 0.900. The molecule has 1 fully saturated rings. The molecule has 5 heteroatoms. The van der Waals surface area contributed by atoms with Crippen molar-refractivity contribution in [3.05, 3.63) is 0 Å². The van der Waals surface area contributed by atoms with Crippen LogP contribution in [0.5, 0.6) is 0 Å². The third kappa shape index (κ3) is 6.67. The van der Waals surface area contributed by atoms with Gasteiger partial charge in [-0.2, -0.15) is 0 Å². The molecule has 0 saturated heterocycles. The van der Waals surface area contributed by atoms with Gasteiger partial charge in [0.25, 0.3) is 0 Å². The number of nitrogens with zero attached hydrogens (tertiary/aromatic N) is 1. The summed E-state index contributed by atoms with van der Waals surface area (Å²) in [6.45, 7) is 7.06. The minimum Gasteiger partial charge on any atom is -0.477 e.